The number of hydrogen-bond acceptors (Lipinski definition) is 4. The number of sulfone groups is 1. The van der Waals surface area contributed by atoms with Crippen LogP contribution < -0.4 is 4.74 Å². The van der Waals surface area contributed by atoms with Gasteiger partial charge in [-0.2, -0.15) is 0 Å². The van der Waals surface area contributed by atoms with Crippen LogP contribution in [0.15, 0.2) is 18.2 Å². The lowest BCUT2D eigenvalue weighted by molar-refractivity contribution is 0.277. The molecule has 0 spiro atoms. The summed E-state index contributed by atoms with van der Waals surface area (Å²) in [5, 5.41) is 10.3. The molecule has 1 aromatic carbocycles. The van der Waals surface area contributed by atoms with Crippen molar-refractivity contribution in [3.8, 4) is 11.5 Å². The van der Waals surface area contributed by atoms with Gasteiger partial charge in [0, 0.05) is 6.07 Å². The van der Waals surface area contributed by atoms with Gasteiger partial charge in [-0.15, -0.1) is 0 Å². The van der Waals surface area contributed by atoms with Crippen LogP contribution in [0.2, 0.25) is 0 Å². The number of unbranched alkanes of at least 4 members (excludes halogenated alkanes) is 1. The average Bonchev–Trinajstić information content (AvgIpc) is 2.61. The molecule has 5 heteroatoms. The number of aromatic hydroxyl groups is 1. The summed E-state index contributed by atoms with van der Waals surface area (Å²) < 4.78 is 29.8. The molecular weight excluding hydrogens is 372 g/mol. The maximum Gasteiger partial charge on any atom is 0.155 e. The Bertz CT molecular complexity index is 711. The molecule has 0 aliphatic heterocycles. The van der Waals surface area contributed by atoms with Gasteiger partial charge in [0.25, 0.3) is 0 Å². The molecule has 1 fully saturated rings. The van der Waals surface area contributed by atoms with Crippen LogP contribution in [0.5, 0.6) is 11.5 Å². The lowest BCUT2D eigenvalue weighted by Gasteiger charge is -2.30. The van der Waals surface area contributed by atoms with Gasteiger partial charge in [-0.05, 0) is 76.3 Å². The van der Waals surface area contributed by atoms with E-state index in [1.54, 1.807) is 26.8 Å². The van der Waals surface area contributed by atoms with Crippen LogP contribution in [0.25, 0.3) is 0 Å². The van der Waals surface area contributed by atoms with Crippen molar-refractivity contribution in [3.63, 3.8) is 0 Å². The summed E-state index contributed by atoms with van der Waals surface area (Å²) in [6.07, 6.45) is 8.18. The van der Waals surface area contributed by atoms with Gasteiger partial charge >= 0.3 is 0 Å². The number of benzene rings is 1. The van der Waals surface area contributed by atoms with E-state index in [1.165, 1.54) is 0 Å². The molecule has 0 heterocycles. The summed E-state index contributed by atoms with van der Waals surface area (Å²) in [5.41, 5.74) is 0.972. The Labute approximate surface area is 171 Å². The van der Waals surface area contributed by atoms with Gasteiger partial charge in [-0.1, -0.05) is 32.3 Å². The summed E-state index contributed by atoms with van der Waals surface area (Å²) in [6, 6.07) is 5.64. The standard InChI is InChI=1S/C23H38O4S/c1-5-6-15-27-21-14-13-20(22(24)16-21)12-11-18-7-9-19(10-8-18)17-28(25,26)23(2,3)4/h13-14,16,18-19,24H,5-12,15,17H2,1-4H3. The first-order chi connectivity index (χ1) is 13.1. The minimum Gasteiger partial charge on any atom is -0.508 e. The molecule has 0 radical (unpaired) electrons. The maximum atomic E-state index is 12.4. The van der Waals surface area contributed by atoms with Crippen LogP contribution in [-0.4, -0.2) is 30.6 Å². The van der Waals surface area contributed by atoms with Crippen LogP contribution in [0, 0.1) is 11.8 Å². The number of phenols is 1. The van der Waals surface area contributed by atoms with Gasteiger partial charge in [-0.25, -0.2) is 8.42 Å². The third-order valence-corrected chi connectivity index (χ3v) is 8.78. The zero-order valence-electron chi connectivity index (χ0n) is 18.0. The monoisotopic (exact) mass is 410 g/mol. The SMILES string of the molecule is CCCCOc1ccc(CCC2CCC(CS(=O)(=O)C(C)(C)C)CC2)c(O)c1. The summed E-state index contributed by atoms with van der Waals surface area (Å²) in [7, 11) is -3.03. The number of hydrogen-bond donors (Lipinski definition) is 1. The topological polar surface area (TPSA) is 63.6 Å². The maximum absolute atomic E-state index is 12.4. The van der Waals surface area contributed by atoms with Crippen molar-refractivity contribution >= 4 is 9.84 Å². The Balaban J connectivity index is 1.78. The zero-order valence-corrected chi connectivity index (χ0v) is 18.9. The number of ether oxygens (including phenoxy) is 1. The second-order valence-corrected chi connectivity index (χ2v) is 12.1. The highest BCUT2D eigenvalue weighted by atomic mass is 32.2. The molecule has 1 N–H and O–H groups in total. The van der Waals surface area contributed by atoms with Crippen LogP contribution >= 0.6 is 0 Å². The van der Waals surface area contributed by atoms with Crippen molar-refractivity contribution in [2.45, 2.75) is 83.8 Å². The van der Waals surface area contributed by atoms with E-state index in [4.69, 9.17) is 4.74 Å². The molecule has 2 rings (SSSR count). The Kier molecular flexibility index (Phi) is 8.23. The average molecular weight is 411 g/mol. The lowest BCUT2D eigenvalue weighted by atomic mass is 9.80. The van der Waals surface area contributed by atoms with E-state index < -0.39 is 14.6 Å². The van der Waals surface area contributed by atoms with Gasteiger partial charge in [0.15, 0.2) is 9.84 Å². The Morgan fingerprint density at radius 2 is 1.75 bits per heavy atom. The molecular formula is C23H38O4S. The highest BCUT2D eigenvalue weighted by Gasteiger charge is 2.33. The lowest BCUT2D eigenvalue weighted by Crippen LogP contribution is -2.34. The number of phenolic OH excluding ortho intramolecular Hbond substituents is 1. The van der Waals surface area contributed by atoms with Crippen LogP contribution in [0.4, 0.5) is 0 Å². The van der Waals surface area contributed by atoms with Crippen LogP contribution in [0.1, 0.15) is 78.2 Å². The zero-order chi connectivity index (χ0) is 20.8. The predicted octanol–water partition coefficient (Wildman–Crippen LogP) is 5.52. The van der Waals surface area contributed by atoms with Crippen molar-refractivity contribution in [2.75, 3.05) is 12.4 Å². The van der Waals surface area contributed by atoms with Gasteiger partial charge in [0.05, 0.1) is 17.1 Å². The van der Waals surface area contributed by atoms with Crippen molar-refractivity contribution in [2.24, 2.45) is 11.8 Å². The normalized spacial score (nSPS) is 20.9. The summed E-state index contributed by atoms with van der Waals surface area (Å²) in [6.45, 7) is 8.19. The molecule has 0 atom stereocenters. The molecule has 0 bridgehead atoms. The molecule has 1 saturated carbocycles. The molecule has 1 aliphatic carbocycles. The van der Waals surface area contributed by atoms with E-state index in [-0.39, 0.29) is 0 Å². The molecule has 0 amide bonds. The molecule has 0 aromatic heterocycles. The molecule has 28 heavy (non-hydrogen) atoms. The van der Waals surface area contributed by atoms with E-state index >= 15 is 0 Å². The molecule has 0 saturated heterocycles. The fourth-order valence-electron chi connectivity index (χ4n) is 3.79. The Hall–Kier alpha value is -1.23. The first-order valence-corrected chi connectivity index (χ1v) is 12.4. The minimum atomic E-state index is -3.03. The third-order valence-electron chi connectivity index (χ3n) is 6.00. The highest BCUT2D eigenvalue weighted by molar-refractivity contribution is 7.92. The van der Waals surface area contributed by atoms with E-state index in [1.807, 2.05) is 12.1 Å². The van der Waals surface area contributed by atoms with Gasteiger partial charge in [0.1, 0.15) is 11.5 Å². The van der Waals surface area contributed by atoms with Gasteiger partial charge in [-0.3, -0.25) is 0 Å². The van der Waals surface area contributed by atoms with Gasteiger partial charge in [0.2, 0.25) is 0 Å². The Morgan fingerprint density at radius 3 is 2.32 bits per heavy atom. The van der Waals surface area contributed by atoms with Crippen molar-refractivity contribution in [1.82, 2.24) is 0 Å². The fourth-order valence-corrected chi connectivity index (χ4v) is 5.24. The van der Waals surface area contributed by atoms with E-state index in [0.717, 1.165) is 62.7 Å². The quantitative estimate of drug-likeness (QED) is 0.544. The third kappa shape index (κ3) is 6.68. The molecule has 1 aliphatic rings. The first-order valence-electron chi connectivity index (χ1n) is 10.8. The molecule has 160 valence electrons. The largest absolute Gasteiger partial charge is 0.508 e. The first kappa shape index (κ1) is 23.1. The smallest absolute Gasteiger partial charge is 0.155 e. The van der Waals surface area contributed by atoms with E-state index in [0.29, 0.717) is 29.9 Å². The highest BCUT2D eigenvalue weighted by Crippen LogP contribution is 2.35. The van der Waals surface area contributed by atoms with Crippen molar-refractivity contribution in [3.05, 3.63) is 23.8 Å². The molecule has 4 nitrogen and oxygen atoms in total. The molecule has 1 aromatic rings. The fraction of sp³-hybridized carbons (Fsp3) is 0.739. The van der Waals surface area contributed by atoms with E-state index in [9.17, 15) is 13.5 Å². The van der Waals surface area contributed by atoms with Crippen molar-refractivity contribution in [1.29, 1.82) is 0 Å². The number of rotatable bonds is 9. The van der Waals surface area contributed by atoms with Gasteiger partial charge < -0.3 is 9.84 Å². The molecule has 0 unspecified atom stereocenters. The summed E-state index contributed by atoms with van der Waals surface area (Å²) >= 11 is 0. The van der Waals surface area contributed by atoms with Crippen LogP contribution in [0.3, 0.4) is 0 Å². The summed E-state index contributed by atoms with van der Waals surface area (Å²) in [5.74, 6) is 2.29. The second-order valence-electron chi connectivity index (χ2n) is 9.31. The van der Waals surface area contributed by atoms with Crippen LogP contribution in [-0.2, 0) is 16.3 Å². The second kappa shape index (κ2) is 10.00. The van der Waals surface area contributed by atoms with Crippen molar-refractivity contribution < 1.29 is 18.3 Å². The Morgan fingerprint density at radius 1 is 1.11 bits per heavy atom. The van der Waals surface area contributed by atoms with E-state index in [2.05, 4.69) is 6.92 Å². The minimum absolute atomic E-state index is 0.299. The summed E-state index contributed by atoms with van der Waals surface area (Å²) in [4.78, 5) is 0. The predicted molar refractivity (Wildman–Crippen MR) is 116 cm³/mol. The number of aryl methyl sites for hydroxylation is 1.